The topological polar surface area (TPSA) is 12.0 Å². The Morgan fingerprint density at radius 1 is 1.27 bits per heavy atom. The average molecular weight is 159 g/mol. The predicted molar refractivity (Wildman–Crippen MR) is 36.5 cm³/mol. The number of alkyl halides is 2. The first-order chi connectivity index (χ1) is 5.19. The summed E-state index contributed by atoms with van der Waals surface area (Å²) in [7, 11) is 0. The van der Waals surface area contributed by atoms with Crippen molar-refractivity contribution in [2.24, 2.45) is 11.8 Å². The summed E-state index contributed by atoms with van der Waals surface area (Å²) < 4.78 is 25.8. The molecule has 11 heavy (non-hydrogen) atoms. The van der Waals surface area contributed by atoms with Gasteiger partial charge in [-0.1, -0.05) is 0 Å². The highest BCUT2D eigenvalue weighted by molar-refractivity contribution is 5.17. The van der Waals surface area contributed by atoms with Crippen LogP contribution in [0, 0.1) is 11.8 Å². The van der Waals surface area contributed by atoms with Crippen LogP contribution in [0.4, 0.5) is 8.78 Å². The van der Waals surface area contributed by atoms with Crippen LogP contribution < -0.4 is 5.32 Å². The molecule has 1 nitrogen and oxygen atoms in total. The summed E-state index contributed by atoms with van der Waals surface area (Å²) in [5.74, 6) is -2.88. The van der Waals surface area contributed by atoms with Crippen molar-refractivity contribution in [3.05, 3.63) is 0 Å². The molecule has 2 bridgehead atoms. The zero-order valence-corrected chi connectivity index (χ0v) is 6.19. The van der Waals surface area contributed by atoms with Gasteiger partial charge in [0, 0.05) is 23.9 Å². The summed E-state index contributed by atoms with van der Waals surface area (Å²) in [6, 6.07) is 0.559. The molecule has 0 aromatic carbocycles. The van der Waals surface area contributed by atoms with Gasteiger partial charge in [-0.25, -0.2) is 8.78 Å². The fraction of sp³-hybridized carbons (Fsp3) is 1.00. The minimum absolute atomic E-state index is 0.147. The van der Waals surface area contributed by atoms with E-state index in [1.54, 1.807) is 0 Å². The maximum atomic E-state index is 12.9. The Balaban J connectivity index is 1.90. The molecule has 1 saturated carbocycles. The Labute approximate surface area is 64.2 Å². The van der Waals surface area contributed by atoms with E-state index < -0.39 is 5.92 Å². The van der Waals surface area contributed by atoms with E-state index in [0.717, 1.165) is 12.8 Å². The van der Waals surface area contributed by atoms with Crippen molar-refractivity contribution in [1.29, 1.82) is 0 Å². The molecule has 2 heterocycles. The van der Waals surface area contributed by atoms with E-state index in [1.165, 1.54) is 0 Å². The molecule has 0 aromatic rings. The Bertz CT molecular complexity index is 202. The number of halogens is 2. The SMILES string of the molecule is FC1(F)[C@@H]2[C@H]3CC[C@H](C[C@@H]21)N3. The molecule has 0 spiro atoms. The third-order valence-corrected chi connectivity index (χ3v) is 3.51. The van der Waals surface area contributed by atoms with Crippen LogP contribution in [-0.4, -0.2) is 18.0 Å². The first-order valence-corrected chi connectivity index (χ1v) is 4.33. The molecule has 0 unspecified atom stereocenters. The second kappa shape index (κ2) is 1.60. The maximum Gasteiger partial charge on any atom is 0.256 e. The molecular weight excluding hydrogens is 148 g/mol. The van der Waals surface area contributed by atoms with Crippen LogP contribution >= 0.6 is 0 Å². The van der Waals surface area contributed by atoms with Gasteiger partial charge in [-0.05, 0) is 19.3 Å². The van der Waals surface area contributed by atoms with Crippen LogP contribution in [0.15, 0.2) is 0 Å². The highest BCUT2D eigenvalue weighted by Crippen LogP contribution is 2.63. The summed E-state index contributed by atoms with van der Waals surface area (Å²) in [6.45, 7) is 0. The lowest BCUT2D eigenvalue weighted by Crippen LogP contribution is -2.35. The number of fused-ring (bicyclic) bond motifs is 4. The first kappa shape index (κ1) is 6.35. The van der Waals surface area contributed by atoms with E-state index in [2.05, 4.69) is 5.32 Å². The van der Waals surface area contributed by atoms with Gasteiger partial charge in [-0.3, -0.25) is 0 Å². The molecule has 0 amide bonds. The largest absolute Gasteiger partial charge is 0.311 e. The quantitative estimate of drug-likeness (QED) is 0.563. The van der Waals surface area contributed by atoms with Crippen molar-refractivity contribution >= 4 is 0 Å². The molecule has 1 N–H and O–H groups in total. The van der Waals surface area contributed by atoms with Gasteiger partial charge in [0.25, 0.3) is 5.92 Å². The summed E-state index contributed by atoms with van der Waals surface area (Å²) in [6.07, 6.45) is 2.81. The molecule has 62 valence electrons. The number of piperidine rings is 1. The lowest BCUT2D eigenvalue weighted by atomic mass is 10.1. The molecule has 0 radical (unpaired) electrons. The molecular formula is C8H11F2N. The van der Waals surface area contributed by atoms with Gasteiger partial charge in [0.15, 0.2) is 0 Å². The highest BCUT2D eigenvalue weighted by Gasteiger charge is 2.73. The Kier molecular flexibility index (Phi) is 0.926. The summed E-state index contributed by atoms with van der Waals surface area (Å²) in [5.41, 5.74) is 0. The molecule has 1 aliphatic carbocycles. The van der Waals surface area contributed by atoms with Crippen LogP contribution in [0.5, 0.6) is 0 Å². The second-order valence-corrected chi connectivity index (χ2v) is 4.09. The third-order valence-electron chi connectivity index (χ3n) is 3.51. The van der Waals surface area contributed by atoms with Crippen molar-refractivity contribution in [2.75, 3.05) is 0 Å². The average Bonchev–Trinajstić information content (AvgIpc) is 2.37. The Morgan fingerprint density at radius 3 is 2.91 bits per heavy atom. The van der Waals surface area contributed by atoms with Gasteiger partial charge < -0.3 is 5.32 Å². The lowest BCUT2D eigenvalue weighted by molar-refractivity contribution is 0.0803. The molecule has 3 rings (SSSR count). The smallest absolute Gasteiger partial charge is 0.256 e. The zero-order chi connectivity index (χ0) is 7.64. The van der Waals surface area contributed by atoms with E-state index in [-0.39, 0.29) is 17.9 Å². The van der Waals surface area contributed by atoms with E-state index in [4.69, 9.17) is 0 Å². The van der Waals surface area contributed by atoms with Gasteiger partial charge in [0.05, 0.1) is 0 Å². The van der Waals surface area contributed by atoms with E-state index >= 15 is 0 Å². The van der Waals surface area contributed by atoms with Crippen molar-refractivity contribution in [3.8, 4) is 0 Å². The first-order valence-electron chi connectivity index (χ1n) is 4.33. The molecule has 2 saturated heterocycles. The summed E-state index contributed by atoms with van der Waals surface area (Å²) >= 11 is 0. The van der Waals surface area contributed by atoms with Crippen LogP contribution in [0.1, 0.15) is 19.3 Å². The highest BCUT2D eigenvalue weighted by atomic mass is 19.3. The summed E-state index contributed by atoms with van der Waals surface area (Å²) in [4.78, 5) is 0. The molecule has 3 fully saturated rings. The van der Waals surface area contributed by atoms with Crippen molar-refractivity contribution in [2.45, 2.75) is 37.3 Å². The van der Waals surface area contributed by atoms with E-state index in [9.17, 15) is 8.78 Å². The fourth-order valence-corrected chi connectivity index (χ4v) is 2.89. The second-order valence-electron chi connectivity index (χ2n) is 4.09. The molecule has 3 aliphatic rings. The Hall–Kier alpha value is -0.180. The normalized spacial score (nSPS) is 57.3. The number of hydrogen-bond donors (Lipinski definition) is 1. The molecule has 4 atom stereocenters. The van der Waals surface area contributed by atoms with E-state index in [0.29, 0.717) is 12.5 Å². The zero-order valence-electron chi connectivity index (χ0n) is 6.19. The minimum Gasteiger partial charge on any atom is -0.311 e. The number of hydrogen-bond acceptors (Lipinski definition) is 1. The van der Waals surface area contributed by atoms with Gasteiger partial charge in [0.2, 0.25) is 0 Å². The van der Waals surface area contributed by atoms with Crippen LogP contribution in [0.25, 0.3) is 0 Å². The van der Waals surface area contributed by atoms with Crippen molar-refractivity contribution in [3.63, 3.8) is 0 Å². The standard InChI is InChI=1S/C8H11F2N/c9-8(10)5-3-4-1-2-6(11-4)7(5)8/h4-7,11H,1-3H2/t4-,5+,6-,7+/m1/s1. The third kappa shape index (κ3) is 0.632. The van der Waals surface area contributed by atoms with Crippen molar-refractivity contribution in [1.82, 2.24) is 5.32 Å². The Morgan fingerprint density at radius 2 is 2.09 bits per heavy atom. The van der Waals surface area contributed by atoms with Gasteiger partial charge in [-0.15, -0.1) is 0 Å². The fourth-order valence-electron chi connectivity index (χ4n) is 2.89. The monoisotopic (exact) mass is 159 g/mol. The number of rotatable bonds is 0. The number of nitrogens with one attached hydrogen (secondary N) is 1. The summed E-state index contributed by atoms with van der Waals surface area (Å²) in [5, 5.41) is 3.26. The van der Waals surface area contributed by atoms with Crippen LogP contribution in [0.3, 0.4) is 0 Å². The van der Waals surface area contributed by atoms with Crippen molar-refractivity contribution < 1.29 is 8.78 Å². The van der Waals surface area contributed by atoms with Gasteiger partial charge in [-0.2, -0.15) is 0 Å². The molecule has 0 aromatic heterocycles. The lowest BCUT2D eigenvalue weighted by Gasteiger charge is -2.17. The van der Waals surface area contributed by atoms with Crippen LogP contribution in [0.2, 0.25) is 0 Å². The molecule has 2 aliphatic heterocycles. The predicted octanol–water partition coefficient (Wildman–Crippen LogP) is 1.39. The molecule has 3 heteroatoms. The van der Waals surface area contributed by atoms with Gasteiger partial charge >= 0.3 is 0 Å². The van der Waals surface area contributed by atoms with Gasteiger partial charge in [0.1, 0.15) is 0 Å². The van der Waals surface area contributed by atoms with E-state index in [1.807, 2.05) is 0 Å². The minimum atomic E-state index is -2.31. The van der Waals surface area contributed by atoms with Crippen LogP contribution in [-0.2, 0) is 0 Å². The maximum absolute atomic E-state index is 12.9.